The Kier molecular flexibility index (Phi) is 6.34. The van der Waals surface area contributed by atoms with Crippen LogP contribution in [0.3, 0.4) is 0 Å². The lowest BCUT2D eigenvalue weighted by atomic mass is 10.00. The first-order chi connectivity index (χ1) is 10.2. The summed E-state index contributed by atoms with van der Waals surface area (Å²) in [7, 11) is 0. The average molecular weight is 323 g/mol. The molecule has 0 bridgehead atoms. The van der Waals surface area contributed by atoms with Crippen molar-refractivity contribution in [2.24, 2.45) is 0 Å². The summed E-state index contributed by atoms with van der Waals surface area (Å²) < 4.78 is 1.96. The maximum Gasteiger partial charge on any atom is 0.0986 e. The third-order valence-electron chi connectivity index (χ3n) is 3.41. The van der Waals surface area contributed by atoms with Crippen molar-refractivity contribution < 1.29 is 0 Å². The first kappa shape index (κ1) is 16.1. The molecule has 1 heterocycles. The van der Waals surface area contributed by atoms with Crippen LogP contribution in [0.4, 0.5) is 0 Å². The van der Waals surface area contributed by atoms with Gasteiger partial charge in [-0.3, -0.25) is 0 Å². The molecule has 0 saturated carbocycles. The van der Waals surface area contributed by atoms with Crippen LogP contribution in [0.15, 0.2) is 36.9 Å². The number of imidazole rings is 1. The smallest absolute Gasteiger partial charge is 0.0986 e. The molecule has 1 aromatic carbocycles. The predicted octanol–water partition coefficient (Wildman–Crippen LogP) is 6.16. The summed E-state index contributed by atoms with van der Waals surface area (Å²) >= 11 is 12.3. The molecular formula is C17H20Cl2N2. The number of nitrogens with zero attached hydrogens (tertiary/aromatic N) is 2. The van der Waals surface area contributed by atoms with Crippen LogP contribution in [0.5, 0.6) is 0 Å². The normalized spacial score (nSPS) is 11.9. The zero-order chi connectivity index (χ0) is 15.1. The third-order valence-corrected chi connectivity index (χ3v) is 3.95. The molecule has 21 heavy (non-hydrogen) atoms. The van der Waals surface area contributed by atoms with Crippen LogP contribution in [-0.2, 0) is 0 Å². The van der Waals surface area contributed by atoms with Gasteiger partial charge in [0.25, 0.3) is 0 Å². The Bertz CT molecular complexity index is 589. The lowest BCUT2D eigenvalue weighted by molar-refractivity contribution is 0.679. The highest BCUT2D eigenvalue weighted by molar-refractivity contribution is 6.35. The van der Waals surface area contributed by atoms with E-state index in [0.717, 1.165) is 18.4 Å². The van der Waals surface area contributed by atoms with E-state index in [1.54, 1.807) is 18.6 Å². The second-order valence-corrected chi connectivity index (χ2v) is 5.94. The van der Waals surface area contributed by atoms with Gasteiger partial charge in [0, 0.05) is 28.6 Å². The Labute approximate surface area is 136 Å². The van der Waals surface area contributed by atoms with E-state index in [1.807, 2.05) is 22.9 Å². The van der Waals surface area contributed by atoms with Crippen molar-refractivity contribution in [3.8, 4) is 0 Å². The fourth-order valence-electron chi connectivity index (χ4n) is 2.29. The fourth-order valence-corrected chi connectivity index (χ4v) is 2.82. The monoisotopic (exact) mass is 322 g/mol. The van der Waals surface area contributed by atoms with Gasteiger partial charge < -0.3 is 4.57 Å². The summed E-state index contributed by atoms with van der Waals surface area (Å²) in [5.41, 5.74) is 2.26. The molecule has 2 aromatic rings. The maximum absolute atomic E-state index is 6.35. The average Bonchev–Trinajstić information content (AvgIpc) is 2.95. The molecule has 0 spiro atoms. The lowest BCUT2D eigenvalue weighted by Crippen LogP contribution is -1.91. The molecule has 0 aliphatic heterocycles. The van der Waals surface area contributed by atoms with Gasteiger partial charge in [0.2, 0.25) is 0 Å². The Balaban J connectivity index is 2.22. The predicted molar refractivity (Wildman–Crippen MR) is 91.6 cm³/mol. The Morgan fingerprint density at radius 2 is 2.10 bits per heavy atom. The molecule has 2 nitrogen and oxygen atoms in total. The van der Waals surface area contributed by atoms with E-state index >= 15 is 0 Å². The van der Waals surface area contributed by atoms with E-state index in [-0.39, 0.29) is 0 Å². The molecule has 0 saturated heterocycles. The minimum Gasteiger partial charge on any atom is -0.313 e. The van der Waals surface area contributed by atoms with E-state index in [2.05, 4.69) is 18.1 Å². The molecule has 2 rings (SSSR count). The second kappa shape index (κ2) is 8.26. The lowest BCUT2D eigenvalue weighted by Gasteiger charge is -2.11. The first-order valence-corrected chi connectivity index (χ1v) is 8.10. The van der Waals surface area contributed by atoms with Gasteiger partial charge >= 0.3 is 0 Å². The Hall–Kier alpha value is -1.25. The van der Waals surface area contributed by atoms with Crippen LogP contribution in [0, 0.1) is 0 Å². The van der Waals surface area contributed by atoms with Gasteiger partial charge in [0.1, 0.15) is 0 Å². The van der Waals surface area contributed by atoms with Gasteiger partial charge in [-0.05, 0) is 36.1 Å². The van der Waals surface area contributed by atoms with Crippen LogP contribution in [0.2, 0.25) is 10.0 Å². The summed E-state index contributed by atoms with van der Waals surface area (Å²) in [6.45, 7) is 2.22. The highest BCUT2D eigenvalue weighted by atomic mass is 35.5. The van der Waals surface area contributed by atoms with Gasteiger partial charge in [0.05, 0.1) is 6.33 Å². The minimum absolute atomic E-state index is 0.664. The molecule has 4 heteroatoms. The van der Waals surface area contributed by atoms with Crippen LogP contribution in [0.1, 0.15) is 44.6 Å². The number of hydrogen-bond donors (Lipinski definition) is 0. The van der Waals surface area contributed by atoms with E-state index in [4.69, 9.17) is 23.2 Å². The molecule has 112 valence electrons. The summed E-state index contributed by atoms with van der Waals surface area (Å²) in [6.07, 6.45) is 13.5. The van der Waals surface area contributed by atoms with E-state index in [9.17, 15) is 0 Å². The van der Waals surface area contributed by atoms with Crippen LogP contribution in [-0.4, -0.2) is 9.55 Å². The van der Waals surface area contributed by atoms with E-state index < -0.39 is 0 Å². The van der Waals surface area contributed by atoms with Crippen molar-refractivity contribution in [1.29, 1.82) is 0 Å². The largest absolute Gasteiger partial charge is 0.313 e. The van der Waals surface area contributed by atoms with Crippen molar-refractivity contribution in [3.63, 3.8) is 0 Å². The molecule has 0 unspecified atom stereocenters. The SMILES string of the molecule is CCCCCC/C(=C\n1ccnc1)c1ccc(Cl)cc1Cl. The fraction of sp³-hybridized carbons (Fsp3) is 0.353. The van der Waals surface area contributed by atoms with Gasteiger partial charge in [0.15, 0.2) is 0 Å². The zero-order valence-electron chi connectivity index (χ0n) is 12.2. The van der Waals surface area contributed by atoms with Crippen LogP contribution >= 0.6 is 23.2 Å². The molecule has 0 amide bonds. The number of benzene rings is 1. The van der Waals surface area contributed by atoms with Crippen molar-refractivity contribution in [1.82, 2.24) is 9.55 Å². The van der Waals surface area contributed by atoms with Gasteiger partial charge in [-0.15, -0.1) is 0 Å². The highest BCUT2D eigenvalue weighted by Crippen LogP contribution is 2.30. The number of allylic oxidation sites excluding steroid dienone is 1. The molecule has 0 aliphatic carbocycles. The van der Waals surface area contributed by atoms with Crippen LogP contribution < -0.4 is 0 Å². The second-order valence-electron chi connectivity index (χ2n) is 5.10. The summed E-state index contributed by atoms with van der Waals surface area (Å²) in [5.74, 6) is 0. The zero-order valence-corrected chi connectivity index (χ0v) is 13.7. The third kappa shape index (κ3) is 4.90. The highest BCUT2D eigenvalue weighted by Gasteiger charge is 2.08. The number of unbranched alkanes of at least 4 members (excludes halogenated alkanes) is 3. The van der Waals surface area contributed by atoms with Crippen molar-refractivity contribution in [2.75, 3.05) is 0 Å². The summed E-state index contributed by atoms with van der Waals surface area (Å²) in [4.78, 5) is 4.08. The minimum atomic E-state index is 0.664. The standard InChI is InChI=1S/C17H20Cl2N2/c1-2-3-4-5-6-14(12-21-10-9-20-13-21)16-8-7-15(18)11-17(16)19/h7-13H,2-6H2,1H3/b14-12+. The summed E-state index contributed by atoms with van der Waals surface area (Å²) in [5, 5.41) is 1.36. The molecule has 0 N–H and O–H groups in total. The Morgan fingerprint density at radius 1 is 1.24 bits per heavy atom. The van der Waals surface area contributed by atoms with Crippen molar-refractivity contribution in [3.05, 3.63) is 52.5 Å². The number of aromatic nitrogens is 2. The molecular weight excluding hydrogens is 303 g/mol. The maximum atomic E-state index is 6.35. The Morgan fingerprint density at radius 3 is 2.76 bits per heavy atom. The molecule has 0 fully saturated rings. The quantitative estimate of drug-likeness (QED) is 0.558. The van der Waals surface area contributed by atoms with E-state index in [0.29, 0.717) is 10.0 Å². The van der Waals surface area contributed by atoms with Crippen LogP contribution in [0.25, 0.3) is 11.8 Å². The molecule has 1 aromatic heterocycles. The van der Waals surface area contributed by atoms with Crippen molar-refractivity contribution in [2.45, 2.75) is 39.0 Å². The van der Waals surface area contributed by atoms with Gasteiger partial charge in [-0.1, -0.05) is 55.5 Å². The van der Waals surface area contributed by atoms with Gasteiger partial charge in [-0.2, -0.15) is 0 Å². The molecule has 0 aliphatic rings. The van der Waals surface area contributed by atoms with Crippen molar-refractivity contribution >= 4 is 35.0 Å². The van der Waals surface area contributed by atoms with E-state index in [1.165, 1.54) is 24.8 Å². The summed E-state index contributed by atoms with van der Waals surface area (Å²) in [6, 6.07) is 5.68. The topological polar surface area (TPSA) is 17.8 Å². The number of rotatable bonds is 7. The van der Waals surface area contributed by atoms with Gasteiger partial charge in [-0.25, -0.2) is 4.98 Å². The molecule has 0 atom stereocenters. The number of halogens is 2. The number of hydrogen-bond acceptors (Lipinski definition) is 1. The first-order valence-electron chi connectivity index (χ1n) is 7.34. The molecule has 0 radical (unpaired) electrons.